The molecule has 18 heavy (non-hydrogen) atoms. The molecule has 0 aromatic rings. The molecule has 1 saturated carbocycles. The van der Waals surface area contributed by atoms with Gasteiger partial charge in [-0.1, -0.05) is 6.42 Å². The van der Waals surface area contributed by atoms with Crippen LogP contribution in [-0.4, -0.2) is 60.6 Å². The SMILES string of the molecule is CN(C)CC1CCN(C2CCCC2C(=O)O)CC1. The van der Waals surface area contributed by atoms with Gasteiger partial charge in [0.25, 0.3) is 0 Å². The number of rotatable bonds is 4. The second kappa shape index (κ2) is 6.02. The largest absolute Gasteiger partial charge is 0.481 e. The van der Waals surface area contributed by atoms with Crippen molar-refractivity contribution in [2.45, 2.75) is 38.1 Å². The molecule has 4 heteroatoms. The minimum atomic E-state index is -0.590. The Bertz CT molecular complexity index is 286. The first-order valence-corrected chi connectivity index (χ1v) is 7.19. The molecule has 1 saturated heterocycles. The topological polar surface area (TPSA) is 43.8 Å². The van der Waals surface area contributed by atoms with Crippen molar-refractivity contribution in [3.63, 3.8) is 0 Å². The normalized spacial score (nSPS) is 31.1. The Kier molecular flexibility index (Phi) is 4.62. The van der Waals surface area contributed by atoms with Crippen molar-refractivity contribution in [1.29, 1.82) is 0 Å². The van der Waals surface area contributed by atoms with E-state index in [0.717, 1.165) is 38.3 Å². The molecule has 2 rings (SSSR count). The van der Waals surface area contributed by atoms with Crippen molar-refractivity contribution in [3.8, 4) is 0 Å². The van der Waals surface area contributed by atoms with E-state index in [-0.39, 0.29) is 5.92 Å². The fourth-order valence-electron chi connectivity index (χ4n) is 3.65. The molecule has 1 N–H and O–H groups in total. The summed E-state index contributed by atoms with van der Waals surface area (Å²) in [6, 6.07) is 0.308. The molecule has 2 aliphatic rings. The number of hydrogen-bond acceptors (Lipinski definition) is 3. The predicted molar refractivity (Wildman–Crippen MR) is 71.6 cm³/mol. The molecule has 0 aromatic heterocycles. The van der Waals surface area contributed by atoms with Crippen LogP contribution in [0.4, 0.5) is 0 Å². The lowest BCUT2D eigenvalue weighted by Gasteiger charge is -2.38. The predicted octanol–water partition coefficient (Wildman–Crippen LogP) is 1.51. The van der Waals surface area contributed by atoms with Crippen LogP contribution in [0.2, 0.25) is 0 Å². The Morgan fingerprint density at radius 3 is 2.44 bits per heavy atom. The van der Waals surface area contributed by atoms with Gasteiger partial charge in [0.1, 0.15) is 0 Å². The van der Waals surface area contributed by atoms with E-state index in [2.05, 4.69) is 23.9 Å². The number of carbonyl (C=O) groups is 1. The minimum absolute atomic E-state index is 0.115. The van der Waals surface area contributed by atoms with Gasteiger partial charge in [0.05, 0.1) is 5.92 Å². The van der Waals surface area contributed by atoms with Crippen LogP contribution in [0.3, 0.4) is 0 Å². The molecule has 4 nitrogen and oxygen atoms in total. The fourth-order valence-corrected chi connectivity index (χ4v) is 3.65. The maximum Gasteiger partial charge on any atom is 0.308 e. The zero-order chi connectivity index (χ0) is 13.1. The van der Waals surface area contributed by atoms with Crippen LogP contribution in [-0.2, 0) is 4.79 Å². The summed E-state index contributed by atoms with van der Waals surface area (Å²) in [6.07, 6.45) is 5.48. The Hall–Kier alpha value is -0.610. The molecule has 0 spiro atoms. The van der Waals surface area contributed by atoms with E-state index in [1.54, 1.807) is 0 Å². The maximum atomic E-state index is 11.2. The number of aliphatic carboxylic acids is 1. The Morgan fingerprint density at radius 1 is 1.22 bits per heavy atom. The molecule has 1 aliphatic heterocycles. The number of carboxylic acid groups (broad SMARTS) is 1. The first-order chi connectivity index (χ1) is 8.58. The highest BCUT2D eigenvalue weighted by atomic mass is 16.4. The van der Waals surface area contributed by atoms with E-state index in [4.69, 9.17) is 0 Å². The number of carboxylic acids is 1. The molecule has 0 radical (unpaired) electrons. The zero-order valence-corrected chi connectivity index (χ0v) is 11.6. The van der Waals surface area contributed by atoms with Crippen molar-refractivity contribution in [3.05, 3.63) is 0 Å². The van der Waals surface area contributed by atoms with Crippen molar-refractivity contribution in [1.82, 2.24) is 9.80 Å². The summed E-state index contributed by atoms with van der Waals surface area (Å²) >= 11 is 0. The summed E-state index contributed by atoms with van der Waals surface area (Å²) in [5.74, 6) is 0.0873. The number of piperidine rings is 1. The second-order valence-electron chi connectivity index (χ2n) is 6.18. The van der Waals surface area contributed by atoms with Crippen LogP contribution in [0.25, 0.3) is 0 Å². The van der Waals surface area contributed by atoms with Crippen LogP contribution in [0, 0.1) is 11.8 Å². The number of nitrogens with zero attached hydrogens (tertiary/aromatic N) is 2. The number of likely N-dealkylation sites (tertiary alicyclic amines) is 1. The van der Waals surface area contributed by atoms with Gasteiger partial charge in [0, 0.05) is 12.6 Å². The van der Waals surface area contributed by atoms with E-state index in [9.17, 15) is 9.90 Å². The summed E-state index contributed by atoms with van der Waals surface area (Å²) in [7, 11) is 4.26. The van der Waals surface area contributed by atoms with Gasteiger partial charge in [-0.25, -0.2) is 0 Å². The standard InChI is InChI=1S/C14H26N2O2/c1-15(2)10-11-6-8-16(9-7-11)13-5-3-4-12(13)14(17)18/h11-13H,3-10H2,1-2H3,(H,17,18). The molecule has 2 unspecified atom stereocenters. The lowest BCUT2D eigenvalue weighted by molar-refractivity contribution is -0.143. The average molecular weight is 254 g/mol. The molecule has 0 bridgehead atoms. The third-order valence-electron chi connectivity index (χ3n) is 4.54. The highest BCUT2D eigenvalue weighted by Gasteiger charge is 2.37. The molecular formula is C14H26N2O2. The van der Waals surface area contributed by atoms with E-state index in [1.807, 2.05) is 0 Å². The van der Waals surface area contributed by atoms with Gasteiger partial charge in [-0.15, -0.1) is 0 Å². The van der Waals surface area contributed by atoms with Crippen LogP contribution in [0.1, 0.15) is 32.1 Å². The Balaban J connectivity index is 1.84. The quantitative estimate of drug-likeness (QED) is 0.826. The van der Waals surface area contributed by atoms with Crippen LogP contribution >= 0.6 is 0 Å². The summed E-state index contributed by atoms with van der Waals surface area (Å²) in [4.78, 5) is 15.9. The smallest absolute Gasteiger partial charge is 0.308 e. The molecule has 104 valence electrons. The van der Waals surface area contributed by atoms with Gasteiger partial charge in [-0.3, -0.25) is 9.69 Å². The third-order valence-corrected chi connectivity index (χ3v) is 4.54. The first-order valence-electron chi connectivity index (χ1n) is 7.19. The van der Waals surface area contributed by atoms with Crippen molar-refractivity contribution in [2.24, 2.45) is 11.8 Å². The average Bonchev–Trinajstić information content (AvgIpc) is 2.78. The van der Waals surface area contributed by atoms with Gasteiger partial charge in [0.15, 0.2) is 0 Å². The van der Waals surface area contributed by atoms with Crippen molar-refractivity contribution >= 4 is 5.97 Å². The molecule has 2 fully saturated rings. The van der Waals surface area contributed by atoms with E-state index in [1.165, 1.54) is 19.4 Å². The Labute approximate surface area is 110 Å². The molecule has 2 atom stereocenters. The summed E-state index contributed by atoms with van der Waals surface area (Å²) in [6.45, 7) is 3.35. The summed E-state index contributed by atoms with van der Waals surface area (Å²) in [5.41, 5.74) is 0. The van der Waals surface area contributed by atoms with E-state index in [0.29, 0.717) is 6.04 Å². The van der Waals surface area contributed by atoms with Gasteiger partial charge in [0.2, 0.25) is 0 Å². The van der Waals surface area contributed by atoms with E-state index >= 15 is 0 Å². The minimum Gasteiger partial charge on any atom is -0.481 e. The van der Waals surface area contributed by atoms with Crippen molar-refractivity contribution < 1.29 is 9.90 Å². The summed E-state index contributed by atoms with van der Waals surface area (Å²) in [5, 5.41) is 9.25. The lowest BCUT2D eigenvalue weighted by atomic mass is 9.93. The number of hydrogen-bond donors (Lipinski definition) is 1. The van der Waals surface area contributed by atoms with Crippen LogP contribution in [0.5, 0.6) is 0 Å². The Morgan fingerprint density at radius 2 is 1.89 bits per heavy atom. The maximum absolute atomic E-state index is 11.2. The molecule has 0 aromatic carbocycles. The lowest BCUT2D eigenvalue weighted by Crippen LogP contribution is -2.46. The highest BCUT2D eigenvalue weighted by molar-refractivity contribution is 5.71. The second-order valence-corrected chi connectivity index (χ2v) is 6.18. The molecule has 1 heterocycles. The summed E-state index contributed by atoms with van der Waals surface area (Å²) < 4.78 is 0. The van der Waals surface area contributed by atoms with Crippen LogP contribution in [0.15, 0.2) is 0 Å². The first kappa shape index (κ1) is 13.8. The molecule has 0 amide bonds. The van der Waals surface area contributed by atoms with Crippen LogP contribution < -0.4 is 0 Å². The van der Waals surface area contributed by atoms with Gasteiger partial charge in [-0.05, 0) is 58.8 Å². The van der Waals surface area contributed by atoms with E-state index < -0.39 is 5.97 Å². The fraction of sp³-hybridized carbons (Fsp3) is 0.929. The molecule has 1 aliphatic carbocycles. The van der Waals surface area contributed by atoms with Crippen molar-refractivity contribution in [2.75, 3.05) is 33.7 Å². The van der Waals surface area contributed by atoms with Gasteiger partial charge in [-0.2, -0.15) is 0 Å². The van der Waals surface area contributed by atoms with Gasteiger partial charge >= 0.3 is 5.97 Å². The molecular weight excluding hydrogens is 228 g/mol. The zero-order valence-electron chi connectivity index (χ0n) is 11.6. The monoisotopic (exact) mass is 254 g/mol. The third kappa shape index (κ3) is 3.23. The highest BCUT2D eigenvalue weighted by Crippen LogP contribution is 2.32. The van der Waals surface area contributed by atoms with Gasteiger partial charge < -0.3 is 10.0 Å².